The minimum Gasteiger partial charge on any atom is -0.456 e. The van der Waals surface area contributed by atoms with Crippen molar-refractivity contribution >= 4 is 16.7 Å². The van der Waals surface area contributed by atoms with Gasteiger partial charge in [-0.3, -0.25) is 10.1 Å². The minimum atomic E-state index is -0.417. The van der Waals surface area contributed by atoms with Gasteiger partial charge >= 0.3 is 0 Å². The van der Waals surface area contributed by atoms with E-state index in [0.29, 0.717) is 5.58 Å². The first-order valence-electron chi connectivity index (χ1n) is 5.90. The number of rotatable bonds is 2. The maximum absolute atomic E-state index is 10.8. The van der Waals surface area contributed by atoms with Gasteiger partial charge in [0, 0.05) is 22.6 Å². The molecule has 94 valence electrons. The SMILES string of the molecule is Cc1c(-c2ccccc2)oc2cc([N+](=O)[O-])ccc12. The van der Waals surface area contributed by atoms with Crippen LogP contribution < -0.4 is 0 Å². The van der Waals surface area contributed by atoms with E-state index in [2.05, 4.69) is 0 Å². The van der Waals surface area contributed by atoms with Crippen molar-refractivity contribution in [2.75, 3.05) is 0 Å². The molecule has 0 aliphatic carbocycles. The molecule has 0 aliphatic heterocycles. The Kier molecular flexibility index (Phi) is 2.56. The van der Waals surface area contributed by atoms with Crippen LogP contribution in [0.15, 0.2) is 52.9 Å². The topological polar surface area (TPSA) is 56.3 Å². The van der Waals surface area contributed by atoms with Gasteiger partial charge in [0.15, 0.2) is 0 Å². The number of hydrogen-bond acceptors (Lipinski definition) is 3. The molecule has 0 fully saturated rings. The third-order valence-electron chi connectivity index (χ3n) is 3.17. The lowest BCUT2D eigenvalue weighted by Gasteiger charge is -1.96. The first-order valence-corrected chi connectivity index (χ1v) is 5.90. The zero-order chi connectivity index (χ0) is 13.4. The Morgan fingerprint density at radius 2 is 1.84 bits per heavy atom. The van der Waals surface area contributed by atoms with Gasteiger partial charge in [0.05, 0.1) is 11.0 Å². The zero-order valence-electron chi connectivity index (χ0n) is 10.3. The lowest BCUT2D eigenvalue weighted by molar-refractivity contribution is -0.384. The van der Waals surface area contributed by atoms with E-state index in [1.165, 1.54) is 12.1 Å². The monoisotopic (exact) mass is 253 g/mol. The standard InChI is InChI=1S/C15H11NO3/c1-10-13-8-7-12(16(17)18)9-14(13)19-15(10)11-5-3-2-4-6-11/h2-9H,1H3. The molecule has 3 rings (SSSR count). The molecule has 0 amide bonds. The van der Waals surface area contributed by atoms with E-state index in [1.54, 1.807) is 6.07 Å². The number of non-ortho nitro benzene ring substituents is 1. The second-order valence-electron chi connectivity index (χ2n) is 4.36. The molecule has 0 atom stereocenters. The molecule has 0 aliphatic rings. The molecule has 0 unspecified atom stereocenters. The van der Waals surface area contributed by atoms with Gasteiger partial charge in [-0.1, -0.05) is 30.3 Å². The number of hydrogen-bond donors (Lipinski definition) is 0. The lowest BCUT2D eigenvalue weighted by Crippen LogP contribution is -1.86. The highest BCUT2D eigenvalue weighted by molar-refractivity contribution is 5.88. The van der Waals surface area contributed by atoms with Crippen molar-refractivity contribution in [1.29, 1.82) is 0 Å². The van der Waals surface area contributed by atoms with Crippen LogP contribution in [-0.4, -0.2) is 4.92 Å². The smallest absolute Gasteiger partial charge is 0.273 e. The summed E-state index contributed by atoms with van der Waals surface area (Å²) >= 11 is 0. The highest BCUT2D eigenvalue weighted by Crippen LogP contribution is 2.34. The molecule has 0 saturated carbocycles. The molecule has 0 bridgehead atoms. The van der Waals surface area contributed by atoms with Crippen LogP contribution in [0.25, 0.3) is 22.3 Å². The number of nitro groups is 1. The van der Waals surface area contributed by atoms with Crippen molar-refractivity contribution in [2.24, 2.45) is 0 Å². The quantitative estimate of drug-likeness (QED) is 0.505. The second kappa shape index (κ2) is 4.24. The first-order chi connectivity index (χ1) is 9.16. The molecule has 0 radical (unpaired) electrons. The Hall–Kier alpha value is -2.62. The summed E-state index contributed by atoms with van der Waals surface area (Å²) in [6.45, 7) is 1.96. The maximum atomic E-state index is 10.8. The fourth-order valence-corrected chi connectivity index (χ4v) is 2.19. The van der Waals surface area contributed by atoms with Crippen molar-refractivity contribution < 1.29 is 9.34 Å². The van der Waals surface area contributed by atoms with Crippen molar-refractivity contribution in [2.45, 2.75) is 6.92 Å². The molecular weight excluding hydrogens is 242 g/mol. The maximum Gasteiger partial charge on any atom is 0.273 e. The summed E-state index contributed by atoms with van der Waals surface area (Å²) in [4.78, 5) is 10.4. The van der Waals surface area contributed by atoms with Crippen molar-refractivity contribution in [3.63, 3.8) is 0 Å². The van der Waals surface area contributed by atoms with E-state index in [9.17, 15) is 10.1 Å². The lowest BCUT2D eigenvalue weighted by atomic mass is 10.1. The van der Waals surface area contributed by atoms with E-state index in [0.717, 1.165) is 22.3 Å². The number of fused-ring (bicyclic) bond motifs is 1. The van der Waals surface area contributed by atoms with Crippen molar-refractivity contribution in [3.8, 4) is 11.3 Å². The van der Waals surface area contributed by atoms with Gasteiger partial charge in [-0.05, 0) is 13.0 Å². The predicted molar refractivity (Wildman–Crippen MR) is 73.0 cm³/mol. The fraction of sp³-hybridized carbons (Fsp3) is 0.0667. The van der Waals surface area contributed by atoms with E-state index >= 15 is 0 Å². The predicted octanol–water partition coefficient (Wildman–Crippen LogP) is 4.32. The number of nitro benzene ring substituents is 1. The van der Waals surface area contributed by atoms with Crippen LogP contribution in [0.4, 0.5) is 5.69 Å². The number of nitrogens with zero attached hydrogens (tertiary/aromatic N) is 1. The molecule has 0 saturated heterocycles. The second-order valence-corrected chi connectivity index (χ2v) is 4.36. The molecule has 0 N–H and O–H groups in total. The van der Waals surface area contributed by atoms with Gasteiger partial charge < -0.3 is 4.42 Å². The van der Waals surface area contributed by atoms with Crippen molar-refractivity contribution in [3.05, 3.63) is 64.2 Å². The first kappa shape index (κ1) is 11.5. The van der Waals surface area contributed by atoms with Crippen LogP contribution in [0.3, 0.4) is 0 Å². The zero-order valence-corrected chi connectivity index (χ0v) is 10.3. The summed E-state index contributed by atoms with van der Waals surface area (Å²) < 4.78 is 5.77. The Morgan fingerprint density at radius 1 is 1.11 bits per heavy atom. The number of aryl methyl sites for hydroxylation is 1. The summed E-state index contributed by atoms with van der Waals surface area (Å²) in [5.74, 6) is 0.760. The highest BCUT2D eigenvalue weighted by Gasteiger charge is 2.15. The van der Waals surface area contributed by atoms with Gasteiger partial charge in [-0.15, -0.1) is 0 Å². The van der Waals surface area contributed by atoms with Gasteiger partial charge in [0.2, 0.25) is 0 Å². The van der Waals surface area contributed by atoms with Crippen LogP contribution in [0.2, 0.25) is 0 Å². The summed E-state index contributed by atoms with van der Waals surface area (Å²) in [5.41, 5.74) is 2.56. The molecule has 0 spiro atoms. The summed E-state index contributed by atoms with van der Waals surface area (Å²) in [7, 11) is 0. The summed E-state index contributed by atoms with van der Waals surface area (Å²) in [6, 6.07) is 14.4. The van der Waals surface area contributed by atoms with Gasteiger partial charge in [0.1, 0.15) is 11.3 Å². The van der Waals surface area contributed by atoms with E-state index < -0.39 is 4.92 Å². The van der Waals surface area contributed by atoms with Gasteiger partial charge in [-0.25, -0.2) is 0 Å². The Labute approximate surface area is 109 Å². The third kappa shape index (κ3) is 1.87. The van der Waals surface area contributed by atoms with E-state index in [4.69, 9.17) is 4.42 Å². The summed E-state index contributed by atoms with van der Waals surface area (Å²) in [6.07, 6.45) is 0. The molecule has 1 heterocycles. The Balaban J connectivity index is 2.23. The molecule has 3 aromatic rings. The molecule has 4 nitrogen and oxygen atoms in total. The molecule has 19 heavy (non-hydrogen) atoms. The van der Waals surface area contributed by atoms with Crippen LogP contribution in [0.5, 0.6) is 0 Å². The summed E-state index contributed by atoms with van der Waals surface area (Å²) in [5, 5.41) is 11.7. The fourth-order valence-electron chi connectivity index (χ4n) is 2.19. The normalized spacial score (nSPS) is 10.8. The van der Waals surface area contributed by atoms with Crippen LogP contribution >= 0.6 is 0 Å². The average molecular weight is 253 g/mol. The van der Waals surface area contributed by atoms with Crippen LogP contribution in [0.1, 0.15) is 5.56 Å². The van der Waals surface area contributed by atoms with Crippen LogP contribution in [0, 0.1) is 17.0 Å². The molecule has 1 aromatic heterocycles. The minimum absolute atomic E-state index is 0.0425. The molecule has 4 heteroatoms. The van der Waals surface area contributed by atoms with E-state index in [1.807, 2.05) is 37.3 Å². The Bertz CT molecular complexity index is 760. The number of furan rings is 1. The van der Waals surface area contributed by atoms with E-state index in [-0.39, 0.29) is 5.69 Å². The van der Waals surface area contributed by atoms with Gasteiger partial charge in [-0.2, -0.15) is 0 Å². The number of benzene rings is 2. The Morgan fingerprint density at radius 3 is 2.53 bits per heavy atom. The van der Waals surface area contributed by atoms with Gasteiger partial charge in [0.25, 0.3) is 5.69 Å². The van der Waals surface area contributed by atoms with Crippen LogP contribution in [-0.2, 0) is 0 Å². The largest absolute Gasteiger partial charge is 0.456 e. The molecular formula is C15H11NO3. The molecule has 2 aromatic carbocycles. The third-order valence-corrected chi connectivity index (χ3v) is 3.17. The highest BCUT2D eigenvalue weighted by atomic mass is 16.6. The van der Waals surface area contributed by atoms with Crippen molar-refractivity contribution in [1.82, 2.24) is 0 Å². The average Bonchev–Trinajstić information content (AvgIpc) is 2.76.